The van der Waals surface area contributed by atoms with Crippen LogP contribution in [0.15, 0.2) is 41.6 Å². The van der Waals surface area contributed by atoms with E-state index in [0.717, 1.165) is 22.5 Å². The quantitative estimate of drug-likeness (QED) is 0.836. The van der Waals surface area contributed by atoms with Crippen LogP contribution in [0.25, 0.3) is 0 Å². The number of carbonyl (C=O) groups excluding carboxylic acids is 1. The number of esters is 1. The van der Waals surface area contributed by atoms with Crippen molar-refractivity contribution in [2.45, 2.75) is 5.92 Å². The number of nitrogens with one attached hydrogen (secondary N) is 1. The van der Waals surface area contributed by atoms with Crippen LogP contribution >= 0.6 is 0 Å². The van der Waals surface area contributed by atoms with Crippen LogP contribution in [0, 0.1) is 0 Å². The standard InChI is InChI=1S/C20H17NO6/c1-23-11-3-4-13-12(7-11)17(18-14(21-13)8-25-20(18)22)10-5-15(24-2)19-16(6-10)26-9-27-19/h3-7,17,21H,8-9H2,1-2H3/t17-/m1/s1. The highest BCUT2D eigenvalue weighted by Crippen LogP contribution is 2.50. The Labute approximate surface area is 155 Å². The van der Waals surface area contributed by atoms with Gasteiger partial charge < -0.3 is 29.0 Å². The molecule has 0 saturated heterocycles. The minimum absolute atomic E-state index is 0.141. The maximum Gasteiger partial charge on any atom is 0.337 e. The van der Waals surface area contributed by atoms with Crippen LogP contribution in [0.5, 0.6) is 23.0 Å². The van der Waals surface area contributed by atoms with E-state index in [0.29, 0.717) is 28.6 Å². The first-order valence-corrected chi connectivity index (χ1v) is 8.52. The van der Waals surface area contributed by atoms with Crippen LogP contribution in [0.2, 0.25) is 0 Å². The molecule has 0 aromatic heterocycles. The molecule has 0 fully saturated rings. The molecule has 3 heterocycles. The third kappa shape index (κ3) is 2.31. The molecule has 0 unspecified atom stereocenters. The van der Waals surface area contributed by atoms with Crippen molar-refractivity contribution in [1.82, 2.24) is 0 Å². The zero-order valence-corrected chi connectivity index (χ0v) is 14.8. The van der Waals surface area contributed by atoms with Gasteiger partial charge >= 0.3 is 5.97 Å². The number of hydrogen-bond acceptors (Lipinski definition) is 7. The van der Waals surface area contributed by atoms with Crippen LogP contribution in [-0.4, -0.2) is 33.6 Å². The van der Waals surface area contributed by atoms with Crippen molar-refractivity contribution in [3.05, 3.63) is 52.7 Å². The number of ether oxygens (including phenoxy) is 5. The number of benzene rings is 2. The summed E-state index contributed by atoms with van der Waals surface area (Å²) >= 11 is 0. The first-order valence-electron chi connectivity index (χ1n) is 8.52. The highest BCUT2D eigenvalue weighted by atomic mass is 16.7. The topological polar surface area (TPSA) is 75.2 Å². The lowest BCUT2D eigenvalue weighted by molar-refractivity contribution is -0.136. The molecule has 0 aliphatic carbocycles. The van der Waals surface area contributed by atoms with E-state index < -0.39 is 0 Å². The summed E-state index contributed by atoms with van der Waals surface area (Å²) in [7, 11) is 3.19. The Morgan fingerprint density at radius 1 is 1.07 bits per heavy atom. The van der Waals surface area contributed by atoms with E-state index in [1.165, 1.54) is 0 Å². The van der Waals surface area contributed by atoms with Gasteiger partial charge in [-0.1, -0.05) is 0 Å². The first kappa shape index (κ1) is 15.9. The predicted molar refractivity (Wildman–Crippen MR) is 95.6 cm³/mol. The Balaban J connectivity index is 1.73. The van der Waals surface area contributed by atoms with E-state index in [2.05, 4.69) is 5.32 Å². The van der Waals surface area contributed by atoms with Gasteiger partial charge in [-0.05, 0) is 41.5 Å². The maximum atomic E-state index is 12.5. The number of hydrogen-bond donors (Lipinski definition) is 1. The van der Waals surface area contributed by atoms with Crippen molar-refractivity contribution >= 4 is 11.7 Å². The van der Waals surface area contributed by atoms with Crippen molar-refractivity contribution in [2.24, 2.45) is 0 Å². The second-order valence-electron chi connectivity index (χ2n) is 6.44. The van der Waals surface area contributed by atoms with Crippen molar-refractivity contribution in [2.75, 3.05) is 32.9 Å². The van der Waals surface area contributed by atoms with Gasteiger partial charge in [-0.3, -0.25) is 0 Å². The number of fused-ring (bicyclic) bond motifs is 2. The summed E-state index contributed by atoms with van der Waals surface area (Å²) in [5.41, 5.74) is 4.07. The van der Waals surface area contributed by atoms with Crippen molar-refractivity contribution < 1.29 is 28.5 Å². The molecule has 0 amide bonds. The molecule has 0 saturated carbocycles. The highest BCUT2D eigenvalue weighted by molar-refractivity contribution is 5.97. The lowest BCUT2D eigenvalue weighted by Crippen LogP contribution is -2.20. The predicted octanol–water partition coefficient (Wildman–Crippen LogP) is 2.80. The Morgan fingerprint density at radius 3 is 2.78 bits per heavy atom. The first-order chi connectivity index (χ1) is 13.2. The van der Waals surface area contributed by atoms with Gasteiger partial charge in [0.25, 0.3) is 0 Å². The highest BCUT2D eigenvalue weighted by Gasteiger charge is 2.39. The molecular formula is C20H17NO6. The number of anilines is 1. The summed E-state index contributed by atoms with van der Waals surface area (Å²) in [5, 5.41) is 3.31. The van der Waals surface area contributed by atoms with Crippen molar-refractivity contribution in [1.29, 1.82) is 0 Å². The van der Waals surface area contributed by atoms with Gasteiger partial charge in [0, 0.05) is 11.6 Å². The SMILES string of the molecule is COc1ccc2c(c1)[C@@H](c1cc(OC)c3c(c1)OCO3)C1=C(COC1=O)N2. The number of carbonyl (C=O) groups is 1. The van der Waals surface area contributed by atoms with E-state index in [1.54, 1.807) is 14.2 Å². The van der Waals surface area contributed by atoms with Gasteiger partial charge in [0.2, 0.25) is 12.5 Å². The lowest BCUT2D eigenvalue weighted by Gasteiger charge is -2.28. The summed E-state index contributed by atoms with van der Waals surface area (Å²) in [6.07, 6.45) is 0. The second-order valence-corrected chi connectivity index (χ2v) is 6.44. The Hall–Kier alpha value is -3.35. The minimum atomic E-state index is -0.329. The fourth-order valence-electron chi connectivity index (χ4n) is 3.81. The van der Waals surface area contributed by atoms with Gasteiger partial charge in [0.1, 0.15) is 12.4 Å². The van der Waals surface area contributed by atoms with Crippen LogP contribution in [-0.2, 0) is 9.53 Å². The van der Waals surface area contributed by atoms with Gasteiger partial charge in [-0.25, -0.2) is 4.79 Å². The monoisotopic (exact) mass is 367 g/mol. The molecule has 1 N–H and O–H groups in total. The van der Waals surface area contributed by atoms with Crippen LogP contribution in [0.4, 0.5) is 5.69 Å². The average Bonchev–Trinajstić information content (AvgIpc) is 3.31. The maximum absolute atomic E-state index is 12.5. The molecule has 27 heavy (non-hydrogen) atoms. The molecule has 3 aliphatic heterocycles. The summed E-state index contributed by atoms with van der Waals surface area (Å²) in [4.78, 5) is 12.5. The number of methoxy groups -OCH3 is 2. The summed E-state index contributed by atoms with van der Waals surface area (Å²) < 4.78 is 27.2. The second kappa shape index (κ2) is 5.84. The van der Waals surface area contributed by atoms with Gasteiger partial charge in [-0.2, -0.15) is 0 Å². The average molecular weight is 367 g/mol. The largest absolute Gasteiger partial charge is 0.497 e. The molecular weight excluding hydrogens is 350 g/mol. The van der Waals surface area contributed by atoms with Gasteiger partial charge in [0.05, 0.1) is 25.5 Å². The normalized spacial score (nSPS) is 19.2. The third-order valence-corrected chi connectivity index (χ3v) is 5.05. The van der Waals surface area contributed by atoms with Crippen LogP contribution < -0.4 is 24.3 Å². The molecule has 1 atom stereocenters. The molecule has 138 valence electrons. The number of rotatable bonds is 3. The fourth-order valence-corrected chi connectivity index (χ4v) is 3.81. The number of cyclic esters (lactones) is 1. The fraction of sp³-hybridized carbons (Fsp3) is 0.250. The molecule has 7 heteroatoms. The molecule has 0 radical (unpaired) electrons. The molecule has 2 aromatic carbocycles. The van der Waals surface area contributed by atoms with Crippen molar-refractivity contribution in [3.63, 3.8) is 0 Å². The minimum Gasteiger partial charge on any atom is -0.497 e. The smallest absolute Gasteiger partial charge is 0.337 e. The Bertz CT molecular complexity index is 996. The summed E-state index contributed by atoms with van der Waals surface area (Å²) in [5.74, 6) is 1.79. The van der Waals surface area contributed by atoms with E-state index in [1.807, 2.05) is 30.3 Å². The molecule has 3 aliphatic rings. The molecule has 2 aromatic rings. The molecule has 0 spiro atoms. The van der Waals surface area contributed by atoms with Gasteiger partial charge in [0.15, 0.2) is 11.5 Å². The van der Waals surface area contributed by atoms with E-state index in [4.69, 9.17) is 23.7 Å². The van der Waals surface area contributed by atoms with E-state index >= 15 is 0 Å². The molecule has 0 bridgehead atoms. The molecule has 7 nitrogen and oxygen atoms in total. The van der Waals surface area contributed by atoms with Crippen LogP contribution in [0.1, 0.15) is 17.0 Å². The Morgan fingerprint density at radius 2 is 1.96 bits per heavy atom. The van der Waals surface area contributed by atoms with Crippen LogP contribution in [0.3, 0.4) is 0 Å². The zero-order chi connectivity index (χ0) is 18.5. The molecule has 5 rings (SSSR count). The van der Waals surface area contributed by atoms with Crippen molar-refractivity contribution in [3.8, 4) is 23.0 Å². The summed E-state index contributed by atoms with van der Waals surface area (Å²) in [6, 6.07) is 9.52. The third-order valence-electron chi connectivity index (χ3n) is 5.05. The van der Waals surface area contributed by atoms with E-state index in [9.17, 15) is 4.79 Å². The lowest BCUT2D eigenvalue weighted by atomic mass is 9.81. The van der Waals surface area contributed by atoms with E-state index in [-0.39, 0.29) is 25.3 Å². The zero-order valence-electron chi connectivity index (χ0n) is 14.8. The summed E-state index contributed by atoms with van der Waals surface area (Å²) in [6.45, 7) is 0.375. The van der Waals surface area contributed by atoms with Gasteiger partial charge in [-0.15, -0.1) is 0 Å². The Kier molecular flexibility index (Phi) is 3.43.